The van der Waals surface area contributed by atoms with Gasteiger partial charge in [-0.15, -0.1) is 0 Å². The average molecular weight is 340 g/mol. The largest absolute Gasteiger partial charge is 0.486 e. The van der Waals surface area contributed by atoms with Crippen LogP contribution >= 0.6 is 0 Å². The number of ether oxygens (including phenoxy) is 2. The minimum absolute atomic E-state index is 0.154. The van der Waals surface area contributed by atoms with Crippen LogP contribution in [-0.2, 0) is 6.42 Å². The number of carboxylic acid groups (broad SMARTS) is 1. The van der Waals surface area contributed by atoms with Gasteiger partial charge in [-0.1, -0.05) is 6.07 Å². The molecule has 0 fully saturated rings. The number of aryl methyl sites for hydroxylation is 1. The van der Waals surface area contributed by atoms with E-state index in [-0.39, 0.29) is 11.5 Å². The number of carbonyl (C=O) groups is 2. The molecule has 1 aliphatic carbocycles. The first kappa shape index (κ1) is 15.5. The van der Waals surface area contributed by atoms with E-state index in [2.05, 4.69) is 0 Å². The van der Waals surface area contributed by atoms with Crippen LogP contribution in [0, 0.1) is 6.92 Å². The number of rotatable bonds is 2. The maximum Gasteiger partial charge on any atom is 0.372 e. The third kappa shape index (κ3) is 2.59. The summed E-state index contributed by atoms with van der Waals surface area (Å²) in [5.41, 5.74) is 2.24. The molecule has 0 spiro atoms. The van der Waals surface area contributed by atoms with Gasteiger partial charge in [0.15, 0.2) is 17.3 Å². The van der Waals surface area contributed by atoms with Gasteiger partial charge in [0.25, 0.3) is 0 Å². The molecule has 0 unspecified atom stereocenters. The highest BCUT2D eigenvalue weighted by Gasteiger charge is 2.31. The van der Waals surface area contributed by atoms with Crippen molar-refractivity contribution in [2.24, 2.45) is 0 Å². The molecule has 0 saturated heterocycles. The Labute approximate surface area is 143 Å². The zero-order chi connectivity index (χ0) is 17.6. The van der Waals surface area contributed by atoms with E-state index in [0.717, 1.165) is 5.56 Å². The van der Waals surface area contributed by atoms with Crippen LogP contribution in [-0.4, -0.2) is 30.1 Å². The quantitative estimate of drug-likeness (QED) is 0.845. The number of carboxylic acids is 1. The minimum Gasteiger partial charge on any atom is -0.486 e. The van der Waals surface area contributed by atoms with Gasteiger partial charge in [0.05, 0.1) is 5.56 Å². The lowest BCUT2D eigenvalue weighted by molar-refractivity contribution is 0.0659. The Morgan fingerprint density at radius 3 is 2.68 bits per heavy atom. The fourth-order valence-electron chi connectivity index (χ4n) is 3.26. The molecule has 128 valence electrons. The molecule has 0 radical (unpaired) electrons. The van der Waals surface area contributed by atoms with Crippen LogP contribution in [0.25, 0.3) is 6.08 Å². The number of ketones is 1. The number of carbonyl (C=O) groups excluding carboxylic acids is 1. The van der Waals surface area contributed by atoms with E-state index >= 15 is 0 Å². The highest BCUT2D eigenvalue weighted by Crippen LogP contribution is 2.35. The van der Waals surface area contributed by atoms with Crippen molar-refractivity contribution in [3.05, 3.63) is 52.0 Å². The van der Waals surface area contributed by atoms with E-state index in [1.165, 1.54) is 0 Å². The Bertz CT molecular complexity index is 918. The Morgan fingerprint density at radius 2 is 1.92 bits per heavy atom. The van der Waals surface area contributed by atoms with Gasteiger partial charge in [0.1, 0.15) is 19.0 Å². The average Bonchev–Trinajstić information content (AvgIpc) is 2.95. The Morgan fingerprint density at radius 1 is 1.16 bits per heavy atom. The molecular weight excluding hydrogens is 324 g/mol. The van der Waals surface area contributed by atoms with E-state index in [1.54, 1.807) is 6.92 Å². The van der Waals surface area contributed by atoms with Crippen molar-refractivity contribution in [3.8, 4) is 11.5 Å². The zero-order valence-corrected chi connectivity index (χ0v) is 13.6. The summed E-state index contributed by atoms with van der Waals surface area (Å²) in [6.07, 6.45) is 2.83. The third-order valence-electron chi connectivity index (χ3n) is 4.46. The monoisotopic (exact) mass is 340 g/mol. The molecule has 25 heavy (non-hydrogen) atoms. The molecule has 6 nitrogen and oxygen atoms in total. The molecule has 2 heterocycles. The van der Waals surface area contributed by atoms with Gasteiger partial charge in [-0.3, -0.25) is 4.79 Å². The molecule has 0 bridgehead atoms. The number of benzene rings is 1. The van der Waals surface area contributed by atoms with Crippen molar-refractivity contribution >= 4 is 17.8 Å². The van der Waals surface area contributed by atoms with Crippen molar-refractivity contribution in [1.82, 2.24) is 0 Å². The normalized spacial score (nSPS) is 17.5. The first-order chi connectivity index (χ1) is 12.0. The second kappa shape index (κ2) is 5.81. The maximum absolute atomic E-state index is 12.8. The van der Waals surface area contributed by atoms with Gasteiger partial charge in [-0.25, -0.2) is 4.79 Å². The van der Waals surface area contributed by atoms with Gasteiger partial charge < -0.3 is 19.0 Å². The lowest BCUT2D eigenvalue weighted by Gasteiger charge is -2.19. The molecule has 0 amide bonds. The zero-order valence-electron chi connectivity index (χ0n) is 13.6. The highest BCUT2D eigenvalue weighted by atomic mass is 16.6. The van der Waals surface area contributed by atoms with Gasteiger partial charge in [0.2, 0.25) is 5.76 Å². The summed E-state index contributed by atoms with van der Waals surface area (Å²) in [5.74, 6) is 0.333. The molecule has 4 rings (SSSR count). The van der Waals surface area contributed by atoms with Crippen molar-refractivity contribution in [3.63, 3.8) is 0 Å². The lowest BCUT2D eigenvalue weighted by Crippen LogP contribution is -2.15. The molecule has 1 N–H and O–H groups in total. The first-order valence-electron chi connectivity index (χ1n) is 8.05. The molecule has 1 aromatic carbocycles. The van der Waals surface area contributed by atoms with Crippen molar-refractivity contribution in [2.75, 3.05) is 13.2 Å². The Kier molecular flexibility index (Phi) is 3.60. The SMILES string of the molecule is Cc1c(C(=O)O)oc2c1C(=O)C(=Cc1ccc3c(c1)OCCO3)CC2. The fourth-order valence-corrected chi connectivity index (χ4v) is 3.26. The van der Waals surface area contributed by atoms with Crippen molar-refractivity contribution in [2.45, 2.75) is 19.8 Å². The summed E-state index contributed by atoms with van der Waals surface area (Å²) in [6, 6.07) is 5.54. The maximum atomic E-state index is 12.8. The summed E-state index contributed by atoms with van der Waals surface area (Å²) in [4.78, 5) is 24.0. The molecular formula is C19H16O6. The second-order valence-corrected chi connectivity index (χ2v) is 6.06. The standard InChI is InChI=1S/C19H16O6/c1-10-16-14(25-18(10)19(21)22)5-3-12(17(16)20)8-11-2-4-13-15(9-11)24-7-6-23-13/h2,4,8-9H,3,5-7H2,1H3,(H,21,22). The van der Waals surface area contributed by atoms with Crippen LogP contribution in [0.4, 0.5) is 0 Å². The number of allylic oxidation sites excluding steroid dienone is 1. The summed E-state index contributed by atoms with van der Waals surface area (Å²) in [5, 5.41) is 9.17. The van der Waals surface area contributed by atoms with E-state index in [0.29, 0.717) is 60.0 Å². The predicted molar refractivity (Wildman–Crippen MR) is 88.5 cm³/mol. The van der Waals surface area contributed by atoms with Gasteiger partial charge >= 0.3 is 5.97 Å². The van der Waals surface area contributed by atoms with E-state index in [4.69, 9.17) is 19.0 Å². The van der Waals surface area contributed by atoms with E-state index < -0.39 is 5.97 Å². The number of Topliss-reactive ketones (excluding diaryl/α,β-unsaturated/α-hetero) is 1. The van der Waals surface area contributed by atoms with Crippen LogP contribution < -0.4 is 9.47 Å². The molecule has 0 atom stereocenters. The molecule has 1 aromatic heterocycles. The first-order valence-corrected chi connectivity index (χ1v) is 8.05. The molecule has 0 saturated carbocycles. The summed E-state index contributed by atoms with van der Waals surface area (Å²) in [7, 11) is 0. The van der Waals surface area contributed by atoms with Crippen LogP contribution in [0.5, 0.6) is 11.5 Å². The number of fused-ring (bicyclic) bond motifs is 2. The predicted octanol–water partition coefficient (Wildman–Crippen LogP) is 3.27. The number of aromatic carboxylic acids is 1. The van der Waals surface area contributed by atoms with Crippen LogP contribution in [0.3, 0.4) is 0 Å². The lowest BCUT2D eigenvalue weighted by atomic mass is 9.88. The minimum atomic E-state index is -1.16. The van der Waals surface area contributed by atoms with Crippen LogP contribution in [0.1, 0.15) is 44.2 Å². The molecule has 2 aromatic rings. The van der Waals surface area contributed by atoms with Gasteiger partial charge in [0, 0.05) is 17.6 Å². The van der Waals surface area contributed by atoms with E-state index in [9.17, 15) is 9.59 Å². The third-order valence-corrected chi connectivity index (χ3v) is 4.46. The summed E-state index contributed by atoms with van der Waals surface area (Å²) < 4.78 is 16.4. The molecule has 6 heteroatoms. The number of hydrogen-bond acceptors (Lipinski definition) is 5. The van der Waals surface area contributed by atoms with Crippen LogP contribution in [0.15, 0.2) is 28.2 Å². The van der Waals surface area contributed by atoms with Gasteiger partial charge in [-0.2, -0.15) is 0 Å². The molecule has 1 aliphatic heterocycles. The fraction of sp³-hybridized carbons (Fsp3) is 0.263. The topological polar surface area (TPSA) is 86.0 Å². The van der Waals surface area contributed by atoms with Crippen LogP contribution in [0.2, 0.25) is 0 Å². The summed E-state index contributed by atoms with van der Waals surface area (Å²) in [6.45, 7) is 2.64. The highest BCUT2D eigenvalue weighted by molar-refractivity contribution is 6.14. The van der Waals surface area contributed by atoms with E-state index in [1.807, 2.05) is 24.3 Å². The molecule has 2 aliphatic rings. The number of furan rings is 1. The summed E-state index contributed by atoms with van der Waals surface area (Å²) >= 11 is 0. The van der Waals surface area contributed by atoms with Gasteiger partial charge in [-0.05, 0) is 37.1 Å². The van der Waals surface area contributed by atoms with Crippen molar-refractivity contribution < 1.29 is 28.6 Å². The Balaban J connectivity index is 1.70. The second-order valence-electron chi connectivity index (χ2n) is 6.06. The Hall–Kier alpha value is -3.02. The smallest absolute Gasteiger partial charge is 0.372 e. The van der Waals surface area contributed by atoms with Crippen molar-refractivity contribution in [1.29, 1.82) is 0 Å². The number of hydrogen-bond donors (Lipinski definition) is 1.